The van der Waals surface area contributed by atoms with E-state index in [0.717, 1.165) is 48.3 Å². The number of aliphatic imine (C=N–C) groups is 1. The molecule has 2 heterocycles. The van der Waals surface area contributed by atoms with Gasteiger partial charge in [-0.25, -0.2) is 9.98 Å². The maximum Gasteiger partial charge on any atom is 0.191 e. The average molecular weight is 539 g/mol. The summed E-state index contributed by atoms with van der Waals surface area (Å²) in [6.07, 6.45) is 2.35. The summed E-state index contributed by atoms with van der Waals surface area (Å²) in [4.78, 5) is 11.6. The second-order valence-electron chi connectivity index (χ2n) is 7.59. The maximum atomic E-state index is 5.81. The molecule has 1 saturated heterocycles. The number of ether oxygens (including phenoxy) is 2. The number of nitrogens with zero attached hydrogens (tertiary/aromatic N) is 3. The second kappa shape index (κ2) is 12.7. The molecule has 170 valence electrons. The van der Waals surface area contributed by atoms with Gasteiger partial charge in [0, 0.05) is 32.4 Å². The first-order chi connectivity index (χ1) is 14.6. The molecule has 3 rings (SSSR count). The molecule has 31 heavy (non-hydrogen) atoms. The van der Waals surface area contributed by atoms with Gasteiger partial charge >= 0.3 is 0 Å². The Kier molecular flexibility index (Phi) is 10.3. The predicted molar refractivity (Wildman–Crippen MR) is 137 cm³/mol. The van der Waals surface area contributed by atoms with Crippen molar-refractivity contribution in [1.82, 2.24) is 15.6 Å². The number of aromatic nitrogens is 1. The van der Waals surface area contributed by atoms with E-state index in [1.54, 1.807) is 7.11 Å². The maximum absolute atomic E-state index is 5.81. The fourth-order valence-electron chi connectivity index (χ4n) is 3.54. The van der Waals surface area contributed by atoms with E-state index in [2.05, 4.69) is 59.5 Å². The quantitative estimate of drug-likeness (QED) is 0.319. The van der Waals surface area contributed by atoms with Gasteiger partial charge in [-0.05, 0) is 50.1 Å². The highest BCUT2D eigenvalue weighted by molar-refractivity contribution is 14.0. The van der Waals surface area contributed by atoms with Crippen LogP contribution in [0.25, 0.3) is 0 Å². The van der Waals surface area contributed by atoms with Crippen molar-refractivity contribution >= 4 is 35.8 Å². The number of methoxy groups -OCH3 is 1. The van der Waals surface area contributed by atoms with E-state index in [-0.39, 0.29) is 36.2 Å². The van der Waals surface area contributed by atoms with Crippen LogP contribution in [-0.4, -0.2) is 49.9 Å². The lowest BCUT2D eigenvalue weighted by molar-refractivity contribution is -0.00545. The highest BCUT2D eigenvalue weighted by atomic mass is 127. The van der Waals surface area contributed by atoms with E-state index in [4.69, 9.17) is 14.5 Å². The van der Waals surface area contributed by atoms with E-state index in [9.17, 15) is 0 Å². The molecule has 2 atom stereocenters. The zero-order valence-electron chi connectivity index (χ0n) is 18.8. The fourth-order valence-corrected chi connectivity index (χ4v) is 3.54. The van der Waals surface area contributed by atoms with Gasteiger partial charge in [0.2, 0.25) is 0 Å². The largest absolute Gasteiger partial charge is 0.497 e. The summed E-state index contributed by atoms with van der Waals surface area (Å²) in [7, 11) is 1.68. The van der Waals surface area contributed by atoms with Gasteiger partial charge < -0.3 is 25.0 Å². The lowest BCUT2D eigenvalue weighted by Crippen LogP contribution is -2.45. The predicted octanol–water partition coefficient (Wildman–Crippen LogP) is 3.58. The normalized spacial score (nSPS) is 18.8. The SMILES string of the molecule is CCNC(=NCc1ccc(N2CC(C)OC(C)C2)nc1)NCc1cccc(OC)c1.I. The lowest BCUT2D eigenvalue weighted by atomic mass is 10.2. The summed E-state index contributed by atoms with van der Waals surface area (Å²) in [5.74, 6) is 2.62. The number of rotatable bonds is 7. The van der Waals surface area contributed by atoms with Crippen molar-refractivity contribution in [3.63, 3.8) is 0 Å². The van der Waals surface area contributed by atoms with E-state index >= 15 is 0 Å². The van der Waals surface area contributed by atoms with Crippen molar-refractivity contribution in [2.24, 2.45) is 4.99 Å². The number of hydrogen-bond donors (Lipinski definition) is 2. The summed E-state index contributed by atoms with van der Waals surface area (Å²) >= 11 is 0. The van der Waals surface area contributed by atoms with Crippen LogP contribution in [0.4, 0.5) is 5.82 Å². The van der Waals surface area contributed by atoms with Crippen LogP contribution in [0.3, 0.4) is 0 Å². The Morgan fingerprint density at radius 1 is 1.16 bits per heavy atom. The first-order valence-electron chi connectivity index (χ1n) is 10.6. The topological polar surface area (TPSA) is 71.0 Å². The zero-order chi connectivity index (χ0) is 21.3. The number of guanidine groups is 1. The van der Waals surface area contributed by atoms with Crippen molar-refractivity contribution in [2.75, 3.05) is 31.6 Å². The van der Waals surface area contributed by atoms with Crippen molar-refractivity contribution in [1.29, 1.82) is 0 Å². The lowest BCUT2D eigenvalue weighted by Gasteiger charge is -2.36. The van der Waals surface area contributed by atoms with Gasteiger partial charge in [-0.1, -0.05) is 18.2 Å². The molecular formula is C23H34IN5O2. The van der Waals surface area contributed by atoms with Crippen LogP contribution in [0.5, 0.6) is 5.75 Å². The highest BCUT2D eigenvalue weighted by Crippen LogP contribution is 2.18. The van der Waals surface area contributed by atoms with Crippen molar-refractivity contribution in [2.45, 2.75) is 46.1 Å². The molecule has 2 N–H and O–H groups in total. The first kappa shape index (κ1) is 25.2. The standard InChI is InChI=1S/C23H33N5O2.HI/c1-5-24-23(26-12-19-7-6-8-21(11-19)29-4)27-14-20-9-10-22(25-13-20)28-15-17(2)30-18(3)16-28;/h6-11,13,17-18H,5,12,14-16H2,1-4H3,(H2,24,26,27);1H. The Balaban J connectivity index is 0.00000341. The van der Waals surface area contributed by atoms with Gasteiger partial charge in [0.1, 0.15) is 11.6 Å². The van der Waals surface area contributed by atoms with Crippen molar-refractivity contribution < 1.29 is 9.47 Å². The molecule has 0 saturated carbocycles. The Labute approximate surface area is 202 Å². The number of morpholine rings is 1. The van der Waals surface area contributed by atoms with Crippen LogP contribution in [0.15, 0.2) is 47.6 Å². The summed E-state index contributed by atoms with van der Waals surface area (Å²) in [6, 6.07) is 12.2. The molecular weight excluding hydrogens is 505 g/mol. The summed E-state index contributed by atoms with van der Waals surface area (Å²) in [5, 5.41) is 6.66. The molecule has 1 aliphatic heterocycles. The molecule has 0 bridgehead atoms. The monoisotopic (exact) mass is 539 g/mol. The number of anilines is 1. The molecule has 0 spiro atoms. The number of pyridine rings is 1. The van der Waals surface area contributed by atoms with Gasteiger partial charge in [0.05, 0.1) is 25.9 Å². The molecule has 1 fully saturated rings. The van der Waals surface area contributed by atoms with Gasteiger partial charge in [0.25, 0.3) is 0 Å². The minimum absolute atomic E-state index is 0. The molecule has 2 aromatic rings. The molecule has 0 aliphatic carbocycles. The van der Waals surface area contributed by atoms with Crippen LogP contribution in [0.1, 0.15) is 31.9 Å². The molecule has 8 heteroatoms. The molecule has 2 unspecified atom stereocenters. The van der Waals surface area contributed by atoms with Gasteiger partial charge in [0.15, 0.2) is 5.96 Å². The Bertz CT molecular complexity index is 821. The number of nitrogens with one attached hydrogen (secondary N) is 2. The van der Waals surface area contributed by atoms with Gasteiger partial charge in [-0.3, -0.25) is 0 Å². The summed E-state index contributed by atoms with van der Waals surface area (Å²) < 4.78 is 11.1. The molecule has 1 aliphatic rings. The smallest absolute Gasteiger partial charge is 0.191 e. The highest BCUT2D eigenvalue weighted by Gasteiger charge is 2.22. The van der Waals surface area contributed by atoms with Crippen LogP contribution >= 0.6 is 24.0 Å². The Hall–Kier alpha value is -2.07. The third-order valence-electron chi connectivity index (χ3n) is 4.91. The van der Waals surface area contributed by atoms with Crippen LogP contribution in [0, 0.1) is 0 Å². The molecule has 1 aromatic carbocycles. The molecule has 0 amide bonds. The van der Waals surface area contributed by atoms with Crippen LogP contribution in [0.2, 0.25) is 0 Å². The van der Waals surface area contributed by atoms with Gasteiger partial charge in [-0.2, -0.15) is 0 Å². The fraction of sp³-hybridized carbons (Fsp3) is 0.478. The van der Waals surface area contributed by atoms with Crippen molar-refractivity contribution in [3.05, 3.63) is 53.7 Å². The van der Waals surface area contributed by atoms with Crippen molar-refractivity contribution in [3.8, 4) is 5.75 Å². The van der Waals surface area contributed by atoms with Crippen LogP contribution < -0.4 is 20.3 Å². The third-order valence-corrected chi connectivity index (χ3v) is 4.91. The number of hydrogen-bond acceptors (Lipinski definition) is 5. The number of benzene rings is 1. The minimum atomic E-state index is 0. The first-order valence-corrected chi connectivity index (χ1v) is 10.6. The molecule has 1 aromatic heterocycles. The second-order valence-corrected chi connectivity index (χ2v) is 7.59. The Morgan fingerprint density at radius 2 is 1.94 bits per heavy atom. The number of halogens is 1. The van der Waals surface area contributed by atoms with Gasteiger partial charge in [-0.15, -0.1) is 24.0 Å². The van der Waals surface area contributed by atoms with Crippen LogP contribution in [-0.2, 0) is 17.8 Å². The molecule has 0 radical (unpaired) electrons. The van der Waals surface area contributed by atoms with E-state index in [0.29, 0.717) is 13.1 Å². The average Bonchev–Trinajstić information content (AvgIpc) is 2.75. The van der Waals surface area contributed by atoms with E-state index in [1.165, 1.54) is 0 Å². The Morgan fingerprint density at radius 3 is 2.58 bits per heavy atom. The van der Waals surface area contributed by atoms with E-state index in [1.807, 2.05) is 24.4 Å². The third kappa shape index (κ3) is 7.84. The zero-order valence-corrected chi connectivity index (χ0v) is 21.1. The summed E-state index contributed by atoms with van der Waals surface area (Å²) in [6.45, 7) is 10.0. The summed E-state index contributed by atoms with van der Waals surface area (Å²) in [5.41, 5.74) is 2.21. The van der Waals surface area contributed by atoms with E-state index < -0.39 is 0 Å². The molecule has 7 nitrogen and oxygen atoms in total. The minimum Gasteiger partial charge on any atom is -0.497 e.